The van der Waals surface area contributed by atoms with Gasteiger partial charge in [0.1, 0.15) is 0 Å². The van der Waals surface area contributed by atoms with Gasteiger partial charge in [-0.1, -0.05) is 49.1 Å². The number of imidazole rings is 2. The maximum absolute atomic E-state index is 4.92. The van der Waals surface area contributed by atoms with Gasteiger partial charge in [-0.2, -0.15) is 0 Å². The highest BCUT2D eigenvalue weighted by atomic mass is 15.2. The second-order valence-electron chi connectivity index (χ2n) is 5.65. The number of aromatic nitrogens is 3. The molecule has 0 aliphatic rings. The van der Waals surface area contributed by atoms with Crippen molar-refractivity contribution in [3.8, 4) is 0 Å². The molecule has 0 bridgehead atoms. The van der Waals surface area contributed by atoms with Gasteiger partial charge in [-0.3, -0.25) is 8.97 Å². The van der Waals surface area contributed by atoms with Gasteiger partial charge in [-0.25, -0.2) is 4.98 Å². The summed E-state index contributed by atoms with van der Waals surface area (Å²) in [5.74, 6) is 0.907. The predicted molar refractivity (Wildman–Crippen MR) is 109 cm³/mol. The Morgan fingerprint density at radius 3 is 2.40 bits per heavy atom. The number of hydrogen-bond donors (Lipinski definition) is 0. The fourth-order valence-corrected chi connectivity index (χ4v) is 3.09. The number of hydrogen-bond acceptors (Lipinski definition) is 1. The second-order valence-corrected chi connectivity index (χ2v) is 5.65. The average Bonchev–Trinajstić information content (AvgIpc) is 3.12. The molecular formula is C22H23N3. The zero-order valence-electron chi connectivity index (χ0n) is 15.0. The van der Waals surface area contributed by atoms with Crippen LogP contribution in [0.15, 0.2) is 67.3 Å². The predicted octanol–water partition coefficient (Wildman–Crippen LogP) is 5.96. The molecule has 0 aliphatic carbocycles. The van der Waals surface area contributed by atoms with Crippen molar-refractivity contribution in [3.63, 3.8) is 0 Å². The molecule has 126 valence electrons. The first-order valence-electron chi connectivity index (χ1n) is 8.49. The first-order chi connectivity index (χ1) is 12.3. The number of para-hydroxylation sites is 2. The van der Waals surface area contributed by atoms with Crippen molar-refractivity contribution < 1.29 is 0 Å². The van der Waals surface area contributed by atoms with Gasteiger partial charge in [0.25, 0.3) is 0 Å². The third kappa shape index (κ3) is 2.78. The van der Waals surface area contributed by atoms with Gasteiger partial charge in [-0.05, 0) is 51.1 Å². The van der Waals surface area contributed by atoms with Crippen molar-refractivity contribution >= 4 is 34.7 Å². The van der Waals surface area contributed by atoms with Crippen molar-refractivity contribution in [1.29, 1.82) is 0 Å². The summed E-state index contributed by atoms with van der Waals surface area (Å²) >= 11 is 0. The molecule has 0 N–H and O–H groups in total. The summed E-state index contributed by atoms with van der Waals surface area (Å²) in [5, 5.41) is 0. The second kappa shape index (κ2) is 7.22. The molecule has 0 amide bonds. The van der Waals surface area contributed by atoms with Crippen LogP contribution in [0.4, 0.5) is 0 Å². The van der Waals surface area contributed by atoms with Crippen molar-refractivity contribution in [1.82, 2.24) is 14.0 Å². The standard InChI is InChI=1S/C22H23N3/c1-5-9-14-17(8-4)24-20-15-10-11-16-21(20)25-19(13-7-3)18(12-6-2)23-22(24)25/h5-16H,1H2,2-4H3/b12-6-,13-7-,14-9-,17-8+. The Balaban J connectivity index is 2.48. The SMILES string of the molecule is C=C/C=C\C(=C/C)n1c2ccccc2n2c(/C=C\C)c(/C=C\C)nc12. The first kappa shape index (κ1) is 16.8. The molecule has 1 aromatic carbocycles. The Bertz CT molecular complexity index is 1040. The Morgan fingerprint density at radius 2 is 1.76 bits per heavy atom. The highest BCUT2D eigenvalue weighted by Crippen LogP contribution is 2.29. The molecule has 3 heteroatoms. The number of fused-ring (bicyclic) bond motifs is 3. The zero-order chi connectivity index (χ0) is 17.8. The smallest absolute Gasteiger partial charge is 0.220 e. The van der Waals surface area contributed by atoms with Crippen LogP contribution in [0.1, 0.15) is 32.2 Å². The van der Waals surface area contributed by atoms with Gasteiger partial charge in [0, 0.05) is 5.70 Å². The first-order valence-corrected chi connectivity index (χ1v) is 8.49. The van der Waals surface area contributed by atoms with E-state index in [9.17, 15) is 0 Å². The lowest BCUT2D eigenvalue weighted by Crippen LogP contribution is -1.95. The Morgan fingerprint density at radius 1 is 1.04 bits per heavy atom. The van der Waals surface area contributed by atoms with Gasteiger partial charge in [-0.15, -0.1) is 0 Å². The minimum atomic E-state index is 0.907. The number of allylic oxidation sites excluding steroid dienone is 7. The van der Waals surface area contributed by atoms with Gasteiger partial charge in [0.05, 0.1) is 22.4 Å². The lowest BCUT2D eigenvalue weighted by molar-refractivity contribution is 1.13. The molecule has 3 nitrogen and oxygen atoms in total. The number of benzene rings is 1. The lowest BCUT2D eigenvalue weighted by Gasteiger charge is -2.05. The summed E-state index contributed by atoms with van der Waals surface area (Å²) in [6, 6.07) is 8.39. The molecule has 3 rings (SSSR count). The van der Waals surface area contributed by atoms with E-state index in [-0.39, 0.29) is 0 Å². The van der Waals surface area contributed by atoms with E-state index in [1.54, 1.807) is 6.08 Å². The average molecular weight is 329 g/mol. The maximum atomic E-state index is 4.92. The highest BCUT2D eigenvalue weighted by Gasteiger charge is 2.18. The Kier molecular flexibility index (Phi) is 4.85. The summed E-state index contributed by atoms with van der Waals surface area (Å²) < 4.78 is 4.41. The molecule has 0 atom stereocenters. The summed E-state index contributed by atoms with van der Waals surface area (Å²) in [5.41, 5.74) is 5.40. The van der Waals surface area contributed by atoms with Crippen molar-refractivity contribution in [3.05, 3.63) is 78.7 Å². The number of rotatable bonds is 5. The zero-order valence-corrected chi connectivity index (χ0v) is 15.0. The topological polar surface area (TPSA) is 22.2 Å². The summed E-state index contributed by atoms with van der Waals surface area (Å²) in [6.07, 6.45) is 16.1. The van der Waals surface area contributed by atoms with E-state index in [4.69, 9.17) is 4.98 Å². The van der Waals surface area contributed by atoms with Crippen molar-refractivity contribution in [2.24, 2.45) is 0 Å². The van der Waals surface area contributed by atoms with Crippen molar-refractivity contribution in [2.45, 2.75) is 20.8 Å². The van der Waals surface area contributed by atoms with Crippen LogP contribution in [0, 0.1) is 0 Å². The van der Waals surface area contributed by atoms with E-state index in [1.165, 1.54) is 0 Å². The Hall–Kier alpha value is -3.07. The minimum Gasteiger partial charge on any atom is -0.278 e. The molecule has 0 saturated heterocycles. The minimum absolute atomic E-state index is 0.907. The van der Waals surface area contributed by atoms with E-state index in [1.807, 2.05) is 32.9 Å². The summed E-state index contributed by atoms with van der Waals surface area (Å²) in [4.78, 5) is 4.92. The molecule has 2 aromatic heterocycles. The van der Waals surface area contributed by atoms with Crippen molar-refractivity contribution in [2.75, 3.05) is 0 Å². The van der Waals surface area contributed by atoms with E-state index in [2.05, 4.69) is 70.2 Å². The van der Waals surface area contributed by atoms with Gasteiger partial charge in [0.15, 0.2) is 0 Å². The van der Waals surface area contributed by atoms with Crippen LogP contribution in [-0.4, -0.2) is 14.0 Å². The Labute approximate surface area is 148 Å². The van der Waals surface area contributed by atoms with Crippen LogP contribution < -0.4 is 0 Å². The molecule has 2 heterocycles. The molecule has 0 radical (unpaired) electrons. The van der Waals surface area contributed by atoms with E-state index >= 15 is 0 Å². The monoisotopic (exact) mass is 329 g/mol. The number of nitrogens with zero attached hydrogens (tertiary/aromatic N) is 3. The molecule has 3 aromatic rings. The third-order valence-electron chi connectivity index (χ3n) is 4.09. The molecule has 0 fully saturated rings. The highest BCUT2D eigenvalue weighted by molar-refractivity contribution is 5.89. The van der Waals surface area contributed by atoms with Gasteiger partial charge in [0.2, 0.25) is 5.78 Å². The van der Waals surface area contributed by atoms with Crippen LogP contribution in [0.5, 0.6) is 0 Å². The normalized spacial score (nSPS) is 13.3. The molecule has 25 heavy (non-hydrogen) atoms. The van der Waals surface area contributed by atoms with Crippen LogP contribution in [0.2, 0.25) is 0 Å². The van der Waals surface area contributed by atoms with E-state index in [0.29, 0.717) is 0 Å². The van der Waals surface area contributed by atoms with Crippen LogP contribution in [-0.2, 0) is 0 Å². The quantitative estimate of drug-likeness (QED) is 0.530. The van der Waals surface area contributed by atoms with Crippen LogP contribution in [0.3, 0.4) is 0 Å². The fourth-order valence-electron chi connectivity index (χ4n) is 3.09. The molecule has 0 unspecified atom stereocenters. The van der Waals surface area contributed by atoms with Gasteiger partial charge < -0.3 is 0 Å². The van der Waals surface area contributed by atoms with Crippen LogP contribution >= 0.6 is 0 Å². The van der Waals surface area contributed by atoms with E-state index in [0.717, 1.165) is 33.9 Å². The maximum Gasteiger partial charge on any atom is 0.220 e. The fraction of sp³-hybridized carbons (Fsp3) is 0.136. The summed E-state index contributed by atoms with van der Waals surface area (Å²) in [6.45, 7) is 9.86. The van der Waals surface area contributed by atoms with Crippen LogP contribution in [0.25, 0.3) is 34.7 Å². The molecule has 0 aliphatic heterocycles. The van der Waals surface area contributed by atoms with E-state index < -0.39 is 0 Å². The largest absolute Gasteiger partial charge is 0.278 e. The molecule has 0 spiro atoms. The van der Waals surface area contributed by atoms with Gasteiger partial charge >= 0.3 is 0 Å². The molecule has 0 saturated carbocycles. The lowest BCUT2D eigenvalue weighted by atomic mass is 10.2. The third-order valence-corrected chi connectivity index (χ3v) is 4.09. The molecular weight excluding hydrogens is 306 g/mol. The summed E-state index contributed by atoms with van der Waals surface area (Å²) in [7, 11) is 0.